The zero-order valence-electron chi connectivity index (χ0n) is 10.1. The Labute approximate surface area is 114 Å². The van der Waals surface area contributed by atoms with Gasteiger partial charge in [0.25, 0.3) is 10.0 Å². The summed E-state index contributed by atoms with van der Waals surface area (Å²) in [4.78, 5) is 10.4. The molecule has 8 heteroatoms. The summed E-state index contributed by atoms with van der Waals surface area (Å²) in [5, 5.41) is 12.0. The molecule has 0 spiro atoms. The minimum Gasteiger partial charge on any atom is -0.478 e. The second kappa shape index (κ2) is 5.57. The van der Waals surface area contributed by atoms with Gasteiger partial charge in [-0.3, -0.25) is 4.72 Å². The maximum atomic E-state index is 12.1. The Morgan fingerprint density at radius 3 is 2.80 bits per heavy atom. The van der Waals surface area contributed by atoms with Crippen molar-refractivity contribution in [1.29, 1.82) is 0 Å². The van der Waals surface area contributed by atoms with Crippen molar-refractivity contribution in [2.24, 2.45) is 0 Å². The van der Waals surface area contributed by atoms with Gasteiger partial charge in [-0.2, -0.15) is 0 Å². The molecule has 0 saturated heterocycles. The molecule has 0 unspecified atom stereocenters. The topological polar surface area (TPSA) is 110 Å². The zero-order chi connectivity index (χ0) is 14.6. The number of nitrogens with one attached hydrogen (secondary N) is 1. The summed E-state index contributed by atoms with van der Waals surface area (Å²) in [7, 11) is -3.80. The van der Waals surface area contributed by atoms with Crippen molar-refractivity contribution in [3.8, 4) is 0 Å². The minimum absolute atomic E-state index is 0.00645. The molecule has 0 atom stereocenters. The van der Waals surface area contributed by atoms with Gasteiger partial charge in [-0.15, -0.1) is 0 Å². The summed E-state index contributed by atoms with van der Waals surface area (Å²) in [6, 6.07) is 7.21. The maximum absolute atomic E-state index is 12.1. The number of aromatic nitrogens is 1. The number of aliphatic carboxylic acids is 1. The van der Waals surface area contributed by atoms with Gasteiger partial charge in [0, 0.05) is 12.1 Å². The van der Waals surface area contributed by atoms with Crippen LogP contribution in [0.2, 0.25) is 0 Å². The van der Waals surface area contributed by atoms with E-state index in [9.17, 15) is 13.2 Å². The first-order valence-electron chi connectivity index (χ1n) is 5.42. The van der Waals surface area contributed by atoms with Crippen LogP contribution in [0.1, 0.15) is 5.56 Å². The molecular weight excluding hydrogens is 284 g/mol. The van der Waals surface area contributed by atoms with Crippen molar-refractivity contribution in [2.75, 3.05) is 4.72 Å². The Morgan fingerprint density at radius 1 is 1.35 bits per heavy atom. The Bertz CT molecular complexity index is 735. The van der Waals surface area contributed by atoms with Crippen LogP contribution in [0, 0.1) is 0 Å². The van der Waals surface area contributed by atoms with Crippen LogP contribution in [0.25, 0.3) is 6.08 Å². The summed E-state index contributed by atoms with van der Waals surface area (Å²) in [5.74, 6) is -1.05. The van der Waals surface area contributed by atoms with Crippen LogP contribution >= 0.6 is 0 Å². The molecule has 0 aliphatic carbocycles. The third kappa shape index (κ3) is 3.45. The van der Waals surface area contributed by atoms with E-state index in [1.807, 2.05) is 0 Å². The molecule has 1 heterocycles. The molecule has 104 valence electrons. The average Bonchev–Trinajstić information content (AvgIpc) is 2.89. The Hall–Kier alpha value is -2.61. The minimum atomic E-state index is -3.80. The fourth-order valence-corrected chi connectivity index (χ4v) is 2.46. The van der Waals surface area contributed by atoms with Crippen molar-refractivity contribution in [3.63, 3.8) is 0 Å². The van der Waals surface area contributed by atoms with Gasteiger partial charge in [0.2, 0.25) is 0 Å². The van der Waals surface area contributed by atoms with Crippen molar-refractivity contribution < 1.29 is 22.8 Å². The molecule has 1 aromatic heterocycles. The van der Waals surface area contributed by atoms with E-state index in [1.54, 1.807) is 6.07 Å². The molecule has 0 aliphatic heterocycles. The third-order valence-corrected chi connectivity index (χ3v) is 3.62. The lowest BCUT2D eigenvalue weighted by Crippen LogP contribution is -2.13. The van der Waals surface area contributed by atoms with Crippen LogP contribution in [0.15, 0.2) is 52.1 Å². The molecule has 0 fully saturated rings. The van der Waals surface area contributed by atoms with Crippen molar-refractivity contribution in [1.82, 2.24) is 5.16 Å². The van der Waals surface area contributed by atoms with Gasteiger partial charge in [0.1, 0.15) is 6.26 Å². The third-order valence-electron chi connectivity index (χ3n) is 2.26. The first kappa shape index (κ1) is 13.8. The standard InChI is InChI=1S/C12H10N2O5S/c15-12(16)5-4-9-2-1-3-10(8-9)20(17,18)14-11-6-7-19-13-11/h1-8H,(H,13,14)(H,15,16). The van der Waals surface area contributed by atoms with Crippen LogP contribution in [0.3, 0.4) is 0 Å². The molecule has 2 rings (SSSR count). The molecule has 0 radical (unpaired) electrons. The van der Waals surface area contributed by atoms with Gasteiger partial charge in [-0.1, -0.05) is 17.3 Å². The fraction of sp³-hybridized carbons (Fsp3) is 0. The van der Waals surface area contributed by atoms with E-state index in [-0.39, 0.29) is 10.7 Å². The zero-order valence-corrected chi connectivity index (χ0v) is 10.9. The quantitative estimate of drug-likeness (QED) is 0.810. The molecule has 1 aromatic carbocycles. The van der Waals surface area contributed by atoms with Gasteiger partial charge in [-0.05, 0) is 23.8 Å². The van der Waals surface area contributed by atoms with Gasteiger partial charge >= 0.3 is 5.97 Å². The number of benzene rings is 1. The van der Waals surface area contributed by atoms with Gasteiger partial charge < -0.3 is 9.63 Å². The van der Waals surface area contributed by atoms with Crippen LogP contribution in [-0.4, -0.2) is 24.7 Å². The monoisotopic (exact) mass is 294 g/mol. The molecule has 2 aromatic rings. The number of hydrogen-bond acceptors (Lipinski definition) is 5. The maximum Gasteiger partial charge on any atom is 0.328 e. The average molecular weight is 294 g/mol. The summed E-state index contributed by atoms with van der Waals surface area (Å²) in [6.45, 7) is 0. The Kier molecular flexibility index (Phi) is 3.85. The molecule has 7 nitrogen and oxygen atoms in total. The highest BCUT2D eigenvalue weighted by molar-refractivity contribution is 7.92. The summed E-state index contributed by atoms with van der Waals surface area (Å²) in [6.07, 6.45) is 3.47. The molecule has 20 heavy (non-hydrogen) atoms. The number of carboxylic acid groups (broad SMARTS) is 1. The summed E-state index contributed by atoms with van der Waals surface area (Å²) in [5.41, 5.74) is 0.454. The number of nitrogens with zero attached hydrogens (tertiary/aromatic N) is 1. The number of carboxylic acids is 1. The fourth-order valence-electron chi connectivity index (χ4n) is 1.41. The van der Waals surface area contributed by atoms with E-state index < -0.39 is 16.0 Å². The Morgan fingerprint density at radius 2 is 2.15 bits per heavy atom. The van der Waals surface area contributed by atoms with Gasteiger partial charge in [-0.25, -0.2) is 13.2 Å². The number of rotatable bonds is 5. The first-order valence-corrected chi connectivity index (χ1v) is 6.90. The lowest BCUT2D eigenvalue weighted by molar-refractivity contribution is -0.131. The van der Waals surface area contributed by atoms with E-state index in [0.717, 1.165) is 6.08 Å². The molecular formula is C12H10N2O5S. The molecule has 2 N–H and O–H groups in total. The highest BCUT2D eigenvalue weighted by Gasteiger charge is 2.15. The number of anilines is 1. The number of sulfonamides is 1. The highest BCUT2D eigenvalue weighted by atomic mass is 32.2. The van der Waals surface area contributed by atoms with E-state index in [0.29, 0.717) is 5.56 Å². The Balaban J connectivity index is 2.28. The molecule has 0 saturated carbocycles. The van der Waals surface area contributed by atoms with E-state index >= 15 is 0 Å². The normalized spacial score (nSPS) is 11.6. The predicted octanol–water partition coefficient (Wildman–Crippen LogP) is 1.57. The van der Waals surface area contributed by atoms with Crippen molar-refractivity contribution in [3.05, 3.63) is 48.2 Å². The van der Waals surface area contributed by atoms with E-state index in [2.05, 4.69) is 14.4 Å². The van der Waals surface area contributed by atoms with Crippen LogP contribution in [0.4, 0.5) is 5.82 Å². The van der Waals surface area contributed by atoms with Crippen molar-refractivity contribution >= 4 is 27.9 Å². The van der Waals surface area contributed by atoms with E-state index in [4.69, 9.17) is 5.11 Å². The number of carbonyl (C=O) groups is 1. The first-order chi connectivity index (χ1) is 9.47. The van der Waals surface area contributed by atoms with Gasteiger partial charge in [0.15, 0.2) is 5.82 Å². The highest BCUT2D eigenvalue weighted by Crippen LogP contribution is 2.16. The SMILES string of the molecule is O=C(O)C=Cc1cccc(S(=O)(=O)Nc2ccon2)c1. The smallest absolute Gasteiger partial charge is 0.328 e. The predicted molar refractivity (Wildman–Crippen MR) is 70.4 cm³/mol. The number of hydrogen-bond donors (Lipinski definition) is 2. The molecule has 0 amide bonds. The van der Waals surface area contributed by atoms with E-state index in [1.165, 1.54) is 36.6 Å². The lowest BCUT2D eigenvalue weighted by atomic mass is 10.2. The van der Waals surface area contributed by atoms with Gasteiger partial charge in [0.05, 0.1) is 4.90 Å². The summed E-state index contributed by atoms with van der Waals surface area (Å²) >= 11 is 0. The van der Waals surface area contributed by atoms with Crippen LogP contribution in [0.5, 0.6) is 0 Å². The summed E-state index contributed by atoms with van der Waals surface area (Å²) < 4.78 is 30.9. The van der Waals surface area contributed by atoms with Crippen molar-refractivity contribution in [2.45, 2.75) is 4.90 Å². The largest absolute Gasteiger partial charge is 0.478 e. The lowest BCUT2D eigenvalue weighted by Gasteiger charge is -2.05. The van der Waals surface area contributed by atoms with Crippen LogP contribution < -0.4 is 4.72 Å². The molecule has 0 aliphatic rings. The van der Waals surface area contributed by atoms with Crippen LogP contribution in [-0.2, 0) is 14.8 Å². The molecule has 0 bridgehead atoms. The second-order valence-electron chi connectivity index (χ2n) is 3.73. The second-order valence-corrected chi connectivity index (χ2v) is 5.42.